The van der Waals surface area contributed by atoms with Gasteiger partial charge in [-0.1, -0.05) is 36.4 Å². The number of rotatable bonds is 0. The SMILES string of the molecule is Cl.[C-]#[N+]c1cccc2c1Cc1ccccc1N=C2. The highest BCUT2D eigenvalue weighted by atomic mass is 35.5. The molecule has 1 heterocycles. The molecule has 0 fully saturated rings. The van der Waals surface area contributed by atoms with E-state index in [2.05, 4.69) is 15.9 Å². The van der Waals surface area contributed by atoms with Crippen LogP contribution in [-0.4, -0.2) is 6.21 Å². The standard InChI is InChI=1S/C15H10N2.ClH/c1-16-15-8-4-6-12-10-17-14-7-3-2-5-11(14)9-13(12)15;/h2-8,10H,9H2;1H. The Bertz CT molecular complexity index is 654. The Morgan fingerprint density at radius 2 is 1.89 bits per heavy atom. The Morgan fingerprint density at radius 3 is 2.72 bits per heavy atom. The second-order valence-corrected chi connectivity index (χ2v) is 4.02. The summed E-state index contributed by atoms with van der Waals surface area (Å²) in [5, 5.41) is 0. The van der Waals surface area contributed by atoms with Gasteiger partial charge in [0, 0.05) is 6.21 Å². The summed E-state index contributed by atoms with van der Waals surface area (Å²) in [6, 6.07) is 13.9. The van der Waals surface area contributed by atoms with Gasteiger partial charge in [0.25, 0.3) is 0 Å². The van der Waals surface area contributed by atoms with Gasteiger partial charge in [-0.2, -0.15) is 0 Å². The van der Waals surface area contributed by atoms with E-state index in [1.165, 1.54) is 5.56 Å². The van der Waals surface area contributed by atoms with Crippen LogP contribution in [0.3, 0.4) is 0 Å². The largest absolute Gasteiger partial charge is 0.256 e. The molecule has 0 aromatic heterocycles. The van der Waals surface area contributed by atoms with Gasteiger partial charge in [-0.25, -0.2) is 4.85 Å². The molecule has 0 aliphatic carbocycles. The predicted octanol–water partition coefficient (Wildman–Crippen LogP) is 4.31. The molecule has 0 saturated carbocycles. The van der Waals surface area contributed by atoms with Crippen molar-refractivity contribution in [1.82, 2.24) is 0 Å². The highest BCUT2D eigenvalue weighted by Gasteiger charge is 2.12. The van der Waals surface area contributed by atoms with Crippen LogP contribution >= 0.6 is 12.4 Å². The van der Waals surface area contributed by atoms with Crippen LogP contribution in [0.25, 0.3) is 4.85 Å². The minimum Gasteiger partial charge on any atom is -0.256 e. The first-order valence-corrected chi connectivity index (χ1v) is 5.50. The zero-order valence-electron chi connectivity index (χ0n) is 9.63. The molecule has 0 atom stereocenters. The maximum absolute atomic E-state index is 7.22. The Hall–Kier alpha value is -2.11. The average Bonchev–Trinajstić information content (AvgIpc) is 2.57. The molecule has 0 N–H and O–H groups in total. The van der Waals surface area contributed by atoms with Gasteiger partial charge in [-0.05, 0) is 29.2 Å². The minimum atomic E-state index is 0. The fourth-order valence-electron chi connectivity index (χ4n) is 2.13. The number of fused-ring (bicyclic) bond motifs is 2. The molecule has 0 spiro atoms. The Morgan fingerprint density at radius 1 is 1.06 bits per heavy atom. The molecule has 0 unspecified atom stereocenters. The topological polar surface area (TPSA) is 16.7 Å². The predicted molar refractivity (Wildman–Crippen MR) is 76.5 cm³/mol. The molecule has 2 aromatic carbocycles. The van der Waals surface area contributed by atoms with E-state index in [0.717, 1.165) is 28.9 Å². The van der Waals surface area contributed by atoms with Gasteiger partial charge in [0.2, 0.25) is 0 Å². The molecule has 2 nitrogen and oxygen atoms in total. The number of para-hydroxylation sites is 1. The maximum Gasteiger partial charge on any atom is 0.191 e. The van der Waals surface area contributed by atoms with E-state index >= 15 is 0 Å². The molecule has 2 aromatic rings. The van der Waals surface area contributed by atoms with Crippen LogP contribution in [0.1, 0.15) is 16.7 Å². The maximum atomic E-state index is 7.22. The van der Waals surface area contributed by atoms with Gasteiger partial charge >= 0.3 is 0 Å². The first kappa shape index (κ1) is 12.3. The lowest BCUT2D eigenvalue weighted by atomic mass is 9.99. The molecule has 0 bridgehead atoms. The first-order chi connectivity index (χ1) is 8.38. The summed E-state index contributed by atoms with van der Waals surface area (Å²) in [5.74, 6) is 0. The quantitative estimate of drug-likeness (QED) is 0.532. The molecular formula is C15H11ClN2. The van der Waals surface area contributed by atoms with Crippen LogP contribution in [-0.2, 0) is 6.42 Å². The van der Waals surface area contributed by atoms with Crippen LogP contribution in [0.15, 0.2) is 47.5 Å². The van der Waals surface area contributed by atoms with Crippen molar-refractivity contribution >= 4 is 30.0 Å². The number of hydrogen-bond acceptors (Lipinski definition) is 1. The number of hydrogen-bond donors (Lipinski definition) is 0. The van der Waals surface area contributed by atoms with E-state index in [-0.39, 0.29) is 12.4 Å². The van der Waals surface area contributed by atoms with Crippen LogP contribution in [0.5, 0.6) is 0 Å². The molecule has 3 heteroatoms. The third-order valence-corrected chi connectivity index (χ3v) is 3.01. The molecular weight excluding hydrogens is 244 g/mol. The highest BCUT2D eigenvalue weighted by Crippen LogP contribution is 2.31. The van der Waals surface area contributed by atoms with Crippen molar-refractivity contribution < 1.29 is 0 Å². The van der Waals surface area contributed by atoms with E-state index in [1.807, 2.05) is 42.6 Å². The molecule has 18 heavy (non-hydrogen) atoms. The van der Waals surface area contributed by atoms with Gasteiger partial charge in [-0.15, -0.1) is 12.4 Å². The number of benzene rings is 2. The van der Waals surface area contributed by atoms with E-state index < -0.39 is 0 Å². The van der Waals surface area contributed by atoms with E-state index in [0.29, 0.717) is 0 Å². The third kappa shape index (κ3) is 2.01. The minimum absolute atomic E-state index is 0. The summed E-state index contributed by atoms with van der Waals surface area (Å²) < 4.78 is 0. The normalized spacial score (nSPS) is 11.5. The molecule has 0 radical (unpaired) electrons. The van der Waals surface area contributed by atoms with Crippen molar-refractivity contribution in [3.63, 3.8) is 0 Å². The summed E-state index contributed by atoms with van der Waals surface area (Å²) in [6.45, 7) is 7.22. The molecule has 0 saturated heterocycles. The number of aliphatic imine (C=N–C) groups is 1. The van der Waals surface area contributed by atoms with Crippen LogP contribution < -0.4 is 0 Å². The van der Waals surface area contributed by atoms with Gasteiger partial charge < -0.3 is 0 Å². The van der Waals surface area contributed by atoms with Crippen molar-refractivity contribution in [2.24, 2.45) is 4.99 Å². The summed E-state index contributed by atoms with van der Waals surface area (Å²) in [6.07, 6.45) is 2.64. The summed E-state index contributed by atoms with van der Waals surface area (Å²) in [5.41, 5.74) is 5.04. The fraction of sp³-hybridized carbons (Fsp3) is 0.0667. The number of halogens is 1. The van der Waals surface area contributed by atoms with Crippen molar-refractivity contribution in [1.29, 1.82) is 0 Å². The number of nitrogens with zero attached hydrogens (tertiary/aromatic N) is 2. The molecule has 0 amide bonds. The smallest absolute Gasteiger partial charge is 0.191 e. The van der Waals surface area contributed by atoms with Gasteiger partial charge in [0.05, 0.1) is 12.3 Å². The lowest BCUT2D eigenvalue weighted by Gasteiger charge is -2.06. The van der Waals surface area contributed by atoms with Crippen LogP contribution in [0, 0.1) is 6.57 Å². The molecule has 1 aliphatic heterocycles. The zero-order valence-corrected chi connectivity index (χ0v) is 10.4. The molecule has 3 rings (SSSR count). The highest BCUT2D eigenvalue weighted by molar-refractivity contribution is 5.88. The van der Waals surface area contributed by atoms with Gasteiger partial charge in [0.1, 0.15) is 0 Å². The zero-order chi connectivity index (χ0) is 11.7. The Kier molecular flexibility index (Phi) is 3.45. The second kappa shape index (κ2) is 5.03. The van der Waals surface area contributed by atoms with E-state index in [4.69, 9.17) is 6.57 Å². The van der Waals surface area contributed by atoms with Crippen molar-refractivity contribution in [2.75, 3.05) is 0 Å². The molecule has 1 aliphatic rings. The van der Waals surface area contributed by atoms with Crippen LogP contribution in [0.2, 0.25) is 0 Å². The lowest BCUT2D eigenvalue weighted by molar-refractivity contribution is 1.20. The monoisotopic (exact) mass is 254 g/mol. The lowest BCUT2D eigenvalue weighted by Crippen LogP contribution is -1.92. The van der Waals surface area contributed by atoms with E-state index in [9.17, 15) is 0 Å². The fourth-order valence-corrected chi connectivity index (χ4v) is 2.13. The average molecular weight is 255 g/mol. The van der Waals surface area contributed by atoms with Gasteiger partial charge in [0.15, 0.2) is 5.69 Å². The molecule has 88 valence electrons. The first-order valence-electron chi connectivity index (χ1n) is 5.50. The van der Waals surface area contributed by atoms with Crippen molar-refractivity contribution in [3.05, 3.63) is 70.6 Å². The van der Waals surface area contributed by atoms with Crippen LogP contribution in [0.4, 0.5) is 11.4 Å². The Balaban J connectivity index is 0.00000120. The van der Waals surface area contributed by atoms with Crippen molar-refractivity contribution in [2.45, 2.75) is 6.42 Å². The summed E-state index contributed by atoms with van der Waals surface area (Å²) in [4.78, 5) is 8.06. The summed E-state index contributed by atoms with van der Waals surface area (Å²) in [7, 11) is 0. The van der Waals surface area contributed by atoms with Crippen molar-refractivity contribution in [3.8, 4) is 0 Å². The van der Waals surface area contributed by atoms with E-state index in [1.54, 1.807) is 0 Å². The van der Waals surface area contributed by atoms with Gasteiger partial charge in [-0.3, -0.25) is 4.99 Å². The Labute approximate surface area is 112 Å². The third-order valence-electron chi connectivity index (χ3n) is 3.01. The second-order valence-electron chi connectivity index (χ2n) is 4.02. The summed E-state index contributed by atoms with van der Waals surface area (Å²) >= 11 is 0.